The van der Waals surface area contributed by atoms with E-state index in [1.165, 1.54) is 0 Å². The lowest BCUT2D eigenvalue weighted by atomic mass is 10.1. The van der Waals surface area contributed by atoms with Gasteiger partial charge in [-0.25, -0.2) is 4.98 Å². The summed E-state index contributed by atoms with van der Waals surface area (Å²) in [6, 6.07) is 19.9. The van der Waals surface area contributed by atoms with E-state index in [2.05, 4.69) is 4.98 Å². The van der Waals surface area contributed by atoms with Crippen LogP contribution in [0.1, 0.15) is 0 Å². The molecule has 0 atom stereocenters. The molecule has 0 saturated heterocycles. The van der Waals surface area contributed by atoms with Gasteiger partial charge < -0.3 is 14.6 Å². The lowest BCUT2D eigenvalue weighted by molar-refractivity contribution is 0.415. The number of benzene rings is 2. The zero-order valence-corrected chi connectivity index (χ0v) is 12.1. The first kappa shape index (κ1) is 13.9. The second-order valence-corrected chi connectivity index (χ2v) is 4.66. The van der Waals surface area contributed by atoms with Gasteiger partial charge in [0.1, 0.15) is 22.9 Å². The Balaban J connectivity index is 1.92. The van der Waals surface area contributed by atoms with Crippen LogP contribution in [0.4, 0.5) is 0 Å². The molecule has 1 aromatic heterocycles. The third-order valence-electron chi connectivity index (χ3n) is 3.18. The van der Waals surface area contributed by atoms with Gasteiger partial charge in [0.25, 0.3) is 0 Å². The number of hydrogen-bond donors (Lipinski definition) is 1. The number of aromatic hydroxyl groups is 1. The number of para-hydroxylation sites is 1. The van der Waals surface area contributed by atoms with Crippen molar-refractivity contribution < 1.29 is 14.6 Å². The largest absolute Gasteiger partial charge is 0.506 e. The van der Waals surface area contributed by atoms with E-state index < -0.39 is 0 Å². The summed E-state index contributed by atoms with van der Waals surface area (Å²) in [7, 11) is 1.61. The quantitative estimate of drug-likeness (QED) is 0.781. The molecule has 0 radical (unpaired) electrons. The third kappa shape index (κ3) is 3.01. The molecule has 0 amide bonds. The number of rotatable bonds is 4. The molecule has 110 valence electrons. The average molecular weight is 293 g/mol. The van der Waals surface area contributed by atoms with Gasteiger partial charge in [-0.2, -0.15) is 0 Å². The molecular weight excluding hydrogens is 278 g/mol. The van der Waals surface area contributed by atoms with Gasteiger partial charge in [-0.15, -0.1) is 0 Å². The highest BCUT2D eigenvalue weighted by atomic mass is 16.5. The van der Waals surface area contributed by atoms with Crippen molar-refractivity contribution in [1.29, 1.82) is 0 Å². The summed E-state index contributed by atoms with van der Waals surface area (Å²) in [5, 5.41) is 10.0. The summed E-state index contributed by atoms with van der Waals surface area (Å²) >= 11 is 0. The number of pyridine rings is 1. The van der Waals surface area contributed by atoms with E-state index in [0.29, 0.717) is 17.3 Å². The number of hydrogen-bond acceptors (Lipinski definition) is 4. The SMILES string of the molecule is COc1ccc(-c2nc(Oc3ccccc3)ccc2O)cc1. The molecule has 3 aromatic rings. The smallest absolute Gasteiger partial charge is 0.220 e. The Kier molecular flexibility index (Phi) is 3.92. The van der Waals surface area contributed by atoms with Crippen LogP contribution >= 0.6 is 0 Å². The zero-order valence-electron chi connectivity index (χ0n) is 12.1. The zero-order chi connectivity index (χ0) is 15.4. The molecule has 0 bridgehead atoms. The normalized spacial score (nSPS) is 10.2. The average Bonchev–Trinajstić information content (AvgIpc) is 2.58. The van der Waals surface area contributed by atoms with E-state index in [-0.39, 0.29) is 5.75 Å². The van der Waals surface area contributed by atoms with Gasteiger partial charge in [0.2, 0.25) is 5.88 Å². The van der Waals surface area contributed by atoms with Crippen molar-refractivity contribution in [1.82, 2.24) is 4.98 Å². The minimum atomic E-state index is 0.102. The summed E-state index contributed by atoms with van der Waals surface area (Å²) in [6.07, 6.45) is 0. The van der Waals surface area contributed by atoms with Gasteiger partial charge in [-0.05, 0) is 42.5 Å². The number of aromatic nitrogens is 1. The molecule has 0 fully saturated rings. The van der Waals surface area contributed by atoms with Crippen LogP contribution in [-0.2, 0) is 0 Å². The summed E-state index contributed by atoms with van der Waals surface area (Å²) in [5.74, 6) is 1.97. The second-order valence-electron chi connectivity index (χ2n) is 4.66. The first-order valence-electron chi connectivity index (χ1n) is 6.83. The van der Waals surface area contributed by atoms with E-state index in [1.54, 1.807) is 19.2 Å². The molecular formula is C18H15NO3. The summed E-state index contributed by atoms with van der Waals surface area (Å²) in [4.78, 5) is 4.38. The van der Waals surface area contributed by atoms with Crippen LogP contribution in [-0.4, -0.2) is 17.2 Å². The molecule has 1 N–H and O–H groups in total. The fourth-order valence-corrected chi connectivity index (χ4v) is 2.06. The van der Waals surface area contributed by atoms with Gasteiger partial charge in [-0.1, -0.05) is 18.2 Å². The predicted octanol–water partition coefficient (Wildman–Crippen LogP) is 4.26. The molecule has 0 aliphatic heterocycles. The molecule has 0 aliphatic carbocycles. The molecule has 22 heavy (non-hydrogen) atoms. The number of nitrogens with zero attached hydrogens (tertiary/aromatic N) is 1. The first-order chi connectivity index (χ1) is 10.8. The van der Waals surface area contributed by atoms with Crippen LogP contribution in [0.3, 0.4) is 0 Å². The van der Waals surface area contributed by atoms with E-state index in [4.69, 9.17) is 9.47 Å². The third-order valence-corrected chi connectivity index (χ3v) is 3.18. The van der Waals surface area contributed by atoms with E-state index in [9.17, 15) is 5.11 Å². The Morgan fingerprint density at radius 3 is 2.23 bits per heavy atom. The van der Waals surface area contributed by atoms with Crippen molar-refractivity contribution >= 4 is 0 Å². The minimum Gasteiger partial charge on any atom is -0.506 e. The van der Waals surface area contributed by atoms with Crippen LogP contribution < -0.4 is 9.47 Å². The van der Waals surface area contributed by atoms with Crippen molar-refractivity contribution in [3.8, 4) is 34.4 Å². The summed E-state index contributed by atoms with van der Waals surface area (Å²) in [5.41, 5.74) is 1.26. The first-order valence-corrected chi connectivity index (χ1v) is 6.83. The van der Waals surface area contributed by atoms with E-state index in [1.807, 2.05) is 54.6 Å². The Labute approximate surface area is 128 Å². The van der Waals surface area contributed by atoms with Crippen LogP contribution in [0.2, 0.25) is 0 Å². The topological polar surface area (TPSA) is 51.6 Å². The standard InChI is InChI=1S/C18H15NO3/c1-21-14-9-7-13(8-10-14)18-16(20)11-12-17(19-18)22-15-5-3-2-4-6-15/h2-12,20H,1H3. The van der Waals surface area contributed by atoms with Gasteiger partial charge in [0.15, 0.2) is 0 Å². The molecule has 0 unspecified atom stereocenters. The Morgan fingerprint density at radius 1 is 0.818 bits per heavy atom. The fraction of sp³-hybridized carbons (Fsp3) is 0.0556. The van der Waals surface area contributed by atoms with E-state index in [0.717, 1.165) is 11.3 Å². The predicted molar refractivity (Wildman–Crippen MR) is 84.4 cm³/mol. The van der Waals surface area contributed by atoms with Crippen molar-refractivity contribution in [2.45, 2.75) is 0 Å². The molecule has 0 saturated carbocycles. The summed E-state index contributed by atoms with van der Waals surface area (Å²) < 4.78 is 10.8. The molecule has 2 aromatic carbocycles. The summed E-state index contributed by atoms with van der Waals surface area (Å²) in [6.45, 7) is 0. The molecule has 0 aliphatic rings. The highest BCUT2D eigenvalue weighted by molar-refractivity contribution is 5.67. The Bertz CT molecular complexity index is 755. The Morgan fingerprint density at radius 2 is 1.55 bits per heavy atom. The molecule has 3 rings (SSSR count). The van der Waals surface area contributed by atoms with Crippen molar-refractivity contribution in [3.63, 3.8) is 0 Å². The van der Waals surface area contributed by atoms with Crippen LogP contribution in [0.25, 0.3) is 11.3 Å². The van der Waals surface area contributed by atoms with Crippen LogP contribution in [0.5, 0.6) is 23.1 Å². The molecule has 1 heterocycles. The van der Waals surface area contributed by atoms with Gasteiger partial charge >= 0.3 is 0 Å². The number of ether oxygens (including phenoxy) is 2. The van der Waals surface area contributed by atoms with Gasteiger partial charge in [-0.3, -0.25) is 0 Å². The minimum absolute atomic E-state index is 0.102. The Hall–Kier alpha value is -3.01. The molecule has 4 heteroatoms. The lowest BCUT2D eigenvalue weighted by Crippen LogP contribution is -1.91. The number of methoxy groups -OCH3 is 1. The molecule has 0 spiro atoms. The lowest BCUT2D eigenvalue weighted by Gasteiger charge is -2.09. The van der Waals surface area contributed by atoms with Crippen molar-refractivity contribution in [2.24, 2.45) is 0 Å². The molecule has 4 nitrogen and oxygen atoms in total. The van der Waals surface area contributed by atoms with Crippen molar-refractivity contribution in [2.75, 3.05) is 7.11 Å². The van der Waals surface area contributed by atoms with Crippen molar-refractivity contribution in [3.05, 3.63) is 66.7 Å². The van der Waals surface area contributed by atoms with Gasteiger partial charge in [0.05, 0.1) is 7.11 Å². The maximum Gasteiger partial charge on any atom is 0.220 e. The van der Waals surface area contributed by atoms with E-state index >= 15 is 0 Å². The van der Waals surface area contributed by atoms with Crippen LogP contribution in [0, 0.1) is 0 Å². The fourth-order valence-electron chi connectivity index (χ4n) is 2.06. The monoisotopic (exact) mass is 293 g/mol. The highest BCUT2D eigenvalue weighted by Gasteiger charge is 2.09. The maximum atomic E-state index is 10.0. The van der Waals surface area contributed by atoms with Gasteiger partial charge in [0, 0.05) is 11.6 Å². The highest BCUT2D eigenvalue weighted by Crippen LogP contribution is 2.31. The maximum absolute atomic E-state index is 10.0. The van der Waals surface area contributed by atoms with Crippen LogP contribution in [0.15, 0.2) is 66.7 Å². The second kappa shape index (κ2) is 6.18.